The van der Waals surface area contributed by atoms with Crippen molar-refractivity contribution in [3.05, 3.63) is 0 Å². The van der Waals surface area contributed by atoms with Crippen LogP contribution in [0.4, 0.5) is 0 Å². The summed E-state index contributed by atoms with van der Waals surface area (Å²) in [6.45, 7) is 15.6. The van der Waals surface area contributed by atoms with Gasteiger partial charge in [-0.25, -0.2) is 0 Å². The molecule has 18 heavy (non-hydrogen) atoms. The molecule has 1 atom stereocenters. The predicted octanol–water partition coefficient (Wildman–Crippen LogP) is 2.90. The largest absolute Gasteiger partial charge is 0.379 e. The van der Waals surface area contributed by atoms with Crippen molar-refractivity contribution in [2.24, 2.45) is 0 Å². The van der Waals surface area contributed by atoms with Crippen LogP contribution in [0.15, 0.2) is 0 Å². The first kappa shape index (κ1) is 17.9. The van der Waals surface area contributed by atoms with Crippen LogP contribution >= 0.6 is 0 Å². The highest BCUT2D eigenvalue weighted by Crippen LogP contribution is 2.25. The molecule has 3 nitrogen and oxygen atoms in total. The zero-order chi connectivity index (χ0) is 14.4. The highest BCUT2D eigenvalue weighted by molar-refractivity contribution is 4.93. The Labute approximate surface area is 114 Å². The van der Waals surface area contributed by atoms with Gasteiger partial charge < -0.3 is 10.1 Å². The summed E-state index contributed by atoms with van der Waals surface area (Å²) < 4.78 is 5.52. The van der Waals surface area contributed by atoms with Gasteiger partial charge in [0, 0.05) is 18.7 Å². The number of methoxy groups -OCH3 is 1. The molecule has 0 saturated carbocycles. The van der Waals surface area contributed by atoms with E-state index in [1.807, 2.05) is 0 Å². The normalized spacial score (nSPS) is 15.2. The summed E-state index contributed by atoms with van der Waals surface area (Å²) in [6, 6.07) is 0.479. The van der Waals surface area contributed by atoms with E-state index in [2.05, 4.69) is 58.8 Å². The van der Waals surface area contributed by atoms with Crippen LogP contribution in [0.1, 0.15) is 54.4 Å². The molecule has 110 valence electrons. The van der Waals surface area contributed by atoms with E-state index in [1.54, 1.807) is 7.11 Å². The standard InChI is InChI=1S/C15H34N2O/c1-9-17(10-2)15(5,6)13(16-7)11-12-14(3,4)18-8/h13,16H,9-12H2,1-8H3. The lowest BCUT2D eigenvalue weighted by molar-refractivity contribution is 0.00415. The van der Waals surface area contributed by atoms with Gasteiger partial charge >= 0.3 is 0 Å². The van der Waals surface area contributed by atoms with Crippen molar-refractivity contribution in [2.45, 2.75) is 71.6 Å². The molecule has 0 fully saturated rings. The zero-order valence-electron chi connectivity index (χ0n) is 13.8. The van der Waals surface area contributed by atoms with Crippen LogP contribution in [0.25, 0.3) is 0 Å². The molecule has 0 heterocycles. The molecule has 0 aromatic rings. The van der Waals surface area contributed by atoms with Crippen molar-refractivity contribution in [3.63, 3.8) is 0 Å². The monoisotopic (exact) mass is 258 g/mol. The maximum Gasteiger partial charge on any atom is 0.0623 e. The number of hydrogen-bond acceptors (Lipinski definition) is 3. The molecule has 0 aliphatic heterocycles. The third kappa shape index (κ3) is 4.87. The molecule has 0 aliphatic carbocycles. The molecular formula is C15H34N2O. The van der Waals surface area contributed by atoms with Gasteiger partial charge in [0.2, 0.25) is 0 Å². The van der Waals surface area contributed by atoms with E-state index in [-0.39, 0.29) is 11.1 Å². The molecule has 0 aliphatic rings. The van der Waals surface area contributed by atoms with Gasteiger partial charge in [0.25, 0.3) is 0 Å². The Morgan fingerprint density at radius 2 is 1.61 bits per heavy atom. The SMILES string of the molecule is CCN(CC)C(C)(C)C(CCC(C)(C)OC)NC. The van der Waals surface area contributed by atoms with Gasteiger partial charge in [-0.3, -0.25) is 4.90 Å². The van der Waals surface area contributed by atoms with E-state index < -0.39 is 0 Å². The van der Waals surface area contributed by atoms with Gasteiger partial charge in [-0.15, -0.1) is 0 Å². The molecule has 0 radical (unpaired) electrons. The third-order valence-corrected chi connectivity index (χ3v) is 4.37. The fourth-order valence-corrected chi connectivity index (χ4v) is 2.70. The van der Waals surface area contributed by atoms with Gasteiger partial charge in [0.1, 0.15) is 0 Å². The lowest BCUT2D eigenvalue weighted by Gasteiger charge is -2.44. The lowest BCUT2D eigenvalue weighted by Crippen LogP contribution is -2.57. The number of likely N-dealkylation sites (N-methyl/N-ethyl adjacent to an activating group) is 2. The zero-order valence-corrected chi connectivity index (χ0v) is 13.8. The molecule has 1 unspecified atom stereocenters. The average molecular weight is 258 g/mol. The fraction of sp³-hybridized carbons (Fsp3) is 1.00. The van der Waals surface area contributed by atoms with Gasteiger partial charge in [-0.1, -0.05) is 13.8 Å². The minimum atomic E-state index is -0.0333. The summed E-state index contributed by atoms with van der Waals surface area (Å²) in [5, 5.41) is 3.49. The van der Waals surface area contributed by atoms with E-state index >= 15 is 0 Å². The first-order chi connectivity index (χ1) is 8.25. The topological polar surface area (TPSA) is 24.5 Å². The van der Waals surface area contributed by atoms with Gasteiger partial charge in [-0.05, 0) is 60.7 Å². The second-order valence-electron chi connectivity index (χ2n) is 6.17. The molecule has 0 spiro atoms. The Balaban J connectivity index is 4.65. The van der Waals surface area contributed by atoms with Crippen molar-refractivity contribution in [2.75, 3.05) is 27.2 Å². The van der Waals surface area contributed by atoms with E-state index in [9.17, 15) is 0 Å². The van der Waals surface area contributed by atoms with Crippen LogP contribution in [0.2, 0.25) is 0 Å². The Kier molecular flexibility index (Phi) is 7.41. The molecule has 0 saturated heterocycles. The third-order valence-electron chi connectivity index (χ3n) is 4.37. The molecule has 0 bridgehead atoms. The van der Waals surface area contributed by atoms with Gasteiger partial charge in [0.15, 0.2) is 0 Å². The van der Waals surface area contributed by atoms with Crippen LogP contribution in [-0.4, -0.2) is 49.3 Å². The van der Waals surface area contributed by atoms with Crippen LogP contribution in [0, 0.1) is 0 Å². The number of hydrogen-bond donors (Lipinski definition) is 1. The van der Waals surface area contributed by atoms with Crippen molar-refractivity contribution >= 4 is 0 Å². The van der Waals surface area contributed by atoms with Crippen molar-refractivity contribution in [3.8, 4) is 0 Å². The van der Waals surface area contributed by atoms with E-state index in [0.29, 0.717) is 6.04 Å². The number of rotatable bonds is 9. The maximum atomic E-state index is 5.52. The van der Waals surface area contributed by atoms with Gasteiger partial charge in [0.05, 0.1) is 5.60 Å². The summed E-state index contributed by atoms with van der Waals surface area (Å²) in [7, 11) is 3.86. The summed E-state index contributed by atoms with van der Waals surface area (Å²) in [5.41, 5.74) is 0.135. The average Bonchev–Trinajstić information content (AvgIpc) is 2.30. The van der Waals surface area contributed by atoms with Crippen LogP contribution < -0.4 is 5.32 Å². The Morgan fingerprint density at radius 1 is 1.11 bits per heavy atom. The number of nitrogens with one attached hydrogen (secondary N) is 1. The first-order valence-corrected chi connectivity index (χ1v) is 7.22. The maximum absolute atomic E-state index is 5.52. The van der Waals surface area contributed by atoms with Crippen molar-refractivity contribution in [1.82, 2.24) is 10.2 Å². The summed E-state index contributed by atoms with van der Waals surface area (Å²) in [4.78, 5) is 2.52. The van der Waals surface area contributed by atoms with E-state index in [4.69, 9.17) is 4.74 Å². The predicted molar refractivity (Wildman–Crippen MR) is 80.2 cm³/mol. The van der Waals surface area contributed by atoms with E-state index in [0.717, 1.165) is 25.9 Å². The molecule has 3 heteroatoms. The van der Waals surface area contributed by atoms with Crippen molar-refractivity contribution in [1.29, 1.82) is 0 Å². The molecule has 0 aromatic heterocycles. The minimum Gasteiger partial charge on any atom is -0.379 e. The Morgan fingerprint density at radius 3 is 1.94 bits per heavy atom. The van der Waals surface area contributed by atoms with Crippen LogP contribution in [0.3, 0.4) is 0 Å². The van der Waals surface area contributed by atoms with Crippen molar-refractivity contribution < 1.29 is 4.74 Å². The molecule has 0 aromatic carbocycles. The quantitative estimate of drug-likeness (QED) is 0.688. The molecule has 1 N–H and O–H groups in total. The number of nitrogens with zero attached hydrogens (tertiary/aromatic N) is 1. The second kappa shape index (κ2) is 7.46. The van der Waals surface area contributed by atoms with E-state index in [1.165, 1.54) is 0 Å². The summed E-state index contributed by atoms with van der Waals surface area (Å²) in [6.07, 6.45) is 2.19. The second-order valence-corrected chi connectivity index (χ2v) is 6.17. The van der Waals surface area contributed by atoms with Gasteiger partial charge in [-0.2, -0.15) is 0 Å². The number of ether oxygens (including phenoxy) is 1. The lowest BCUT2D eigenvalue weighted by atomic mass is 9.86. The molecular weight excluding hydrogens is 224 g/mol. The summed E-state index contributed by atoms with van der Waals surface area (Å²) in [5.74, 6) is 0. The highest BCUT2D eigenvalue weighted by atomic mass is 16.5. The first-order valence-electron chi connectivity index (χ1n) is 7.22. The molecule has 0 rings (SSSR count). The smallest absolute Gasteiger partial charge is 0.0623 e. The van der Waals surface area contributed by atoms with Crippen LogP contribution in [0.5, 0.6) is 0 Å². The fourth-order valence-electron chi connectivity index (χ4n) is 2.70. The minimum absolute atomic E-state index is 0.0333. The summed E-state index contributed by atoms with van der Waals surface area (Å²) >= 11 is 0. The Hall–Kier alpha value is -0.120. The highest BCUT2D eigenvalue weighted by Gasteiger charge is 2.33. The Bertz CT molecular complexity index is 223. The van der Waals surface area contributed by atoms with Crippen LogP contribution in [-0.2, 0) is 4.74 Å². The molecule has 0 amide bonds.